The smallest absolute Gasteiger partial charge is 0.221 e. The van der Waals surface area contributed by atoms with E-state index in [9.17, 15) is 9.18 Å². The Balaban J connectivity index is 1.83. The highest BCUT2D eigenvalue weighted by Gasteiger charge is 2.28. The van der Waals surface area contributed by atoms with Gasteiger partial charge in [-0.25, -0.2) is 4.39 Å². The van der Waals surface area contributed by atoms with Crippen LogP contribution in [0.1, 0.15) is 30.0 Å². The molecule has 1 aliphatic rings. The minimum absolute atomic E-state index is 0.160. The fourth-order valence-corrected chi connectivity index (χ4v) is 3.68. The Labute approximate surface area is 164 Å². The largest absolute Gasteiger partial charge is 0.497 e. The van der Waals surface area contributed by atoms with Gasteiger partial charge in [0, 0.05) is 23.9 Å². The zero-order valence-electron chi connectivity index (χ0n) is 15.3. The highest BCUT2D eigenvalue weighted by Crippen LogP contribution is 2.30. The molecular formula is C21H24ClFN2O2. The first-order chi connectivity index (χ1) is 13.1. The molecule has 4 nitrogen and oxygen atoms in total. The number of rotatable bonds is 6. The minimum Gasteiger partial charge on any atom is -0.497 e. The molecule has 0 spiro atoms. The van der Waals surface area contributed by atoms with E-state index in [1.807, 2.05) is 42.5 Å². The summed E-state index contributed by atoms with van der Waals surface area (Å²) in [5.41, 5.74) is 1.65. The van der Waals surface area contributed by atoms with Crippen molar-refractivity contribution in [2.24, 2.45) is 5.92 Å². The quantitative estimate of drug-likeness (QED) is 0.786. The van der Waals surface area contributed by atoms with E-state index >= 15 is 0 Å². The maximum atomic E-state index is 14.1. The summed E-state index contributed by atoms with van der Waals surface area (Å²) in [7, 11) is 1.60. The van der Waals surface area contributed by atoms with Gasteiger partial charge in [-0.2, -0.15) is 0 Å². The molecule has 3 rings (SSSR count). The molecule has 2 N–H and O–H groups in total. The molecule has 0 aliphatic carbocycles. The second kappa shape index (κ2) is 9.20. The average molecular weight is 391 g/mol. The first kappa shape index (κ1) is 19.6. The van der Waals surface area contributed by atoms with Gasteiger partial charge in [-0.3, -0.25) is 4.79 Å². The van der Waals surface area contributed by atoms with Gasteiger partial charge in [0.2, 0.25) is 5.91 Å². The summed E-state index contributed by atoms with van der Waals surface area (Å²) >= 11 is 6.39. The predicted molar refractivity (Wildman–Crippen MR) is 105 cm³/mol. The van der Waals surface area contributed by atoms with Crippen molar-refractivity contribution in [3.63, 3.8) is 0 Å². The number of ether oxygens (including phenoxy) is 1. The number of carbonyl (C=O) groups is 1. The fraction of sp³-hybridized carbons (Fsp3) is 0.381. The number of hydrogen-bond acceptors (Lipinski definition) is 3. The number of carbonyl (C=O) groups excluding carboxylic acids is 1. The van der Waals surface area contributed by atoms with Gasteiger partial charge in [-0.1, -0.05) is 41.9 Å². The molecule has 2 aromatic carbocycles. The van der Waals surface area contributed by atoms with Crippen LogP contribution in [0.15, 0.2) is 48.5 Å². The lowest BCUT2D eigenvalue weighted by molar-refractivity contribution is -0.123. The van der Waals surface area contributed by atoms with E-state index in [1.54, 1.807) is 13.2 Å². The van der Waals surface area contributed by atoms with Gasteiger partial charge in [0.25, 0.3) is 0 Å². The number of methoxy groups -OCH3 is 1. The van der Waals surface area contributed by atoms with Gasteiger partial charge < -0.3 is 15.4 Å². The van der Waals surface area contributed by atoms with E-state index in [-0.39, 0.29) is 18.2 Å². The fourth-order valence-electron chi connectivity index (χ4n) is 3.43. The molecular weight excluding hydrogens is 367 g/mol. The standard InChI is InChI=1S/C21H24ClFN2O2/c1-27-16-6-4-5-15(11-16)21(17-7-2-3-8-18(17)22)25-20(26)12-14-9-10-24-13-19(14)23/h2-8,11,14,19,21,24H,9-10,12-13H2,1H3,(H,25,26). The van der Waals surface area contributed by atoms with Crippen LogP contribution in [0.3, 0.4) is 0 Å². The van der Waals surface area contributed by atoms with Crippen molar-refractivity contribution >= 4 is 17.5 Å². The lowest BCUT2D eigenvalue weighted by Gasteiger charge is -2.27. The van der Waals surface area contributed by atoms with Crippen molar-refractivity contribution in [3.05, 3.63) is 64.7 Å². The van der Waals surface area contributed by atoms with Crippen LogP contribution in [0.4, 0.5) is 4.39 Å². The summed E-state index contributed by atoms with van der Waals surface area (Å²) in [4.78, 5) is 12.7. The van der Waals surface area contributed by atoms with Crippen molar-refractivity contribution in [2.45, 2.75) is 25.1 Å². The highest BCUT2D eigenvalue weighted by molar-refractivity contribution is 6.31. The van der Waals surface area contributed by atoms with Crippen LogP contribution in [-0.4, -0.2) is 32.3 Å². The molecule has 0 saturated carbocycles. The monoisotopic (exact) mass is 390 g/mol. The van der Waals surface area contributed by atoms with Crippen molar-refractivity contribution in [1.29, 1.82) is 0 Å². The Morgan fingerprint density at radius 1 is 1.33 bits per heavy atom. The zero-order chi connectivity index (χ0) is 19.2. The third-order valence-electron chi connectivity index (χ3n) is 4.94. The van der Waals surface area contributed by atoms with Gasteiger partial charge >= 0.3 is 0 Å². The Hall–Kier alpha value is -2.11. The molecule has 0 aromatic heterocycles. The molecule has 1 aliphatic heterocycles. The Bertz CT molecular complexity index is 786. The van der Waals surface area contributed by atoms with Crippen LogP contribution in [0.2, 0.25) is 5.02 Å². The number of hydrogen-bond donors (Lipinski definition) is 2. The molecule has 27 heavy (non-hydrogen) atoms. The van der Waals surface area contributed by atoms with E-state index < -0.39 is 12.2 Å². The molecule has 3 unspecified atom stereocenters. The molecule has 2 aromatic rings. The molecule has 0 bridgehead atoms. The zero-order valence-corrected chi connectivity index (χ0v) is 16.0. The summed E-state index contributed by atoms with van der Waals surface area (Å²) < 4.78 is 19.4. The van der Waals surface area contributed by atoms with E-state index in [0.717, 1.165) is 17.7 Å². The molecule has 1 heterocycles. The predicted octanol–water partition coefficient (Wildman–Crippen LogP) is 3.89. The van der Waals surface area contributed by atoms with Crippen LogP contribution in [0, 0.1) is 5.92 Å². The second-order valence-electron chi connectivity index (χ2n) is 6.77. The lowest BCUT2D eigenvalue weighted by Crippen LogP contribution is -2.41. The summed E-state index contributed by atoms with van der Waals surface area (Å²) in [6.45, 7) is 1.05. The van der Waals surface area contributed by atoms with Gasteiger partial charge in [0.1, 0.15) is 11.9 Å². The number of halogens is 2. The van der Waals surface area contributed by atoms with E-state index in [1.165, 1.54) is 0 Å². The summed E-state index contributed by atoms with van der Waals surface area (Å²) in [5.74, 6) is 0.252. The summed E-state index contributed by atoms with van der Waals surface area (Å²) in [6, 6.07) is 14.5. The molecule has 6 heteroatoms. The first-order valence-electron chi connectivity index (χ1n) is 9.11. The van der Waals surface area contributed by atoms with Crippen LogP contribution >= 0.6 is 11.6 Å². The van der Waals surface area contributed by atoms with Gasteiger partial charge in [0.15, 0.2) is 0 Å². The number of amides is 1. The van der Waals surface area contributed by atoms with Crippen LogP contribution in [0.5, 0.6) is 5.75 Å². The maximum Gasteiger partial charge on any atom is 0.221 e. The molecule has 144 valence electrons. The molecule has 0 radical (unpaired) electrons. The van der Waals surface area contributed by atoms with E-state index in [2.05, 4.69) is 10.6 Å². The van der Waals surface area contributed by atoms with E-state index in [0.29, 0.717) is 23.7 Å². The first-order valence-corrected chi connectivity index (χ1v) is 9.49. The van der Waals surface area contributed by atoms with Crippen LogP contribution < -0.4 is 15.4 Å². The normalized spacial score (nSPS) is 20.7. The van der Waals surface area contributed by atoms with Crippen LogP contribution in [0.25, 0.3) is 0 Å². The van der Waals surface area contributed by atoms with Gasteiger partial charge in [-0.05, 0) is 42.3 Å². The topological polar surface area (TPSA) is 50.4 Å². The SMILES string of the molecule is COc1cccc(C(NC(=O)CC2CCNCC2F)c2ccccc2Cl)c1. The number of benzene rings is 2. The average Bonchev–Trinajstić information content (AvgIpc) is 2.68. The third kappa shape index (κ3) is 4.99. The minimum atomic E-state index is -1.000. The number of alkyl halides is 1. The molecule has 1 amide bonds. The summed E-state index contributed by atoms with van der Waals surface area (Å²) in [6.07, 6.45) is -0.182. The van der Waals surface area contributed by atoms with Crippen molar-refractivity contribution in [2.75, 3.05) is 20.2 Å². The second-order valence-corrected chi connectivity index (χ2v) is 7.18. The van der Waals surface area contributed by atoms with Crippen molar-refractivity contribution in [1.82, 2.24) is 10.6 Å². The Morgan fingerprint density at radius 3 is 2.89 bits per heavy atom. The van der Waals surface area contributed by atoms with Gasteiger partial charge in [-0.15, -0.1) is 0 Å². The van der Waals surface area contributed by atoms with E-state index in [4.69, 9.17) is 16.3 Å². The number of nitrogens with one attached hydrogen (secondary N) is 2. The lowest BCUT2D eigenvalue weighted by atomic mass is 9.92. The summed E-state index contributed by atoms with van der Waals surface area (Å²) in [5, 5.41) is 6.62. The Morgan fingerprint density at radius 2 is 2.15 bits per heavy atom. The van der Waals surface area contributed by atoms with Crippen molar-refractivity contribution in [3.8, 4) is 5.75 Å². The van der Waals surface area contributed by atoms with Crippen molar-refractivity contribution < 1.29 is 13.9 Å². The third-order valence-corrected chi connectivity index (χ3v) is 5.28. The van der Waals surface area contributed by atoms with Gasteiger partial charge in [0.05, 0.1) is 13.2 Å². The number of piperidine rings is 1. The molecule has 1 saturated heterocycles. The maximum absolute atomic E-state index is 14.1. The molecule has 3 atom stereocenters. The Kier molecular flexibility index (Phi) is 6.69. The van der Waals surface area contributed by atoms with Crippen LogP contribution in [-0.2, 0) is 4.79 Å². The highest BCUT2D eigenvalue weighted by atomic mass is 35.5. The molecule has 1 fully saturated rings.